The second kappa shape index (κ2) is 10.9. The number of rotatable bonds is 8. The van der Waals surface area contributed by atoms with Crippen molar-refractivity contribution in [3.63, 3.8) is 0 Å². The highest BCUT2D eigenvalue weighted by atomic mass is 32.1. The van der Waals surface area contributed by atoms with Crippen LogP contribution in [0.3, 0.4) is 0 Å². The molecule has 7 nitrogen and oxygen atoms in total. The summed E-state index contributed by atoms with van der Waals surface area (Å²) in [5, 5.41) is 7.32. The molecule has 2 aromatic carbocycles. The lowest BCUT2D eigenvalue weighted by Crippen LogP contribution is -2.38. The van der Waals surface area contributed by atoms with Crippen LogP contribution in [0.5, 0.6) is 5.75 Å². The molecule has 0 atom stereocenters. The number of nitrogens with one attached hydrogen (secondary N) is 2. The molecular formula is C23H23N3O4S. The molecule has 0 saturated heterocycles. The van der Waals surface area contributed by atoms with E-state index >= 15 is 0 Å². The molecule has 3 aromatic rings. The summed E-state index contributed by atoms with van der Waals surface area (Å²) in [6.45, 7) is 0.651. The van der Waals surface area contributed by atoms with Gasteiger partial charge in [-0.2, -0.15) is 0 Å². The first kappa shape index (κ1) is 22.0. The van der Waals surface area contributed by atoms with Crippen LogP contribution in [0.4, 0.5) is 10.5 Å². The highest BCUT2D eigenvalue weighted by molar-refractivity contribution is 7.12. The summed E-state index contributed by atoms with van der Waals surface area (Å²) in [4.78, 5) is 38.3. The third kappa shape index (κ3) is 6.97. The molecule has 2 N–H and O–H groups in total. The van der Waals surface area contributed by atoms with E-state index in [9.17, 15) is 14.4 Å². The summed E-state index contributed by atoms with van der Waals surface area (Å²) >= 11 is 1.36. The predicted octanol–water partition coefficient (Wildman–Crippen LogP) is 4.14. The van der Waals surface area contributed by atoms with Gasteiger partial charge in [0.25, 0.3) is 5.91 Å². The van der Waals surface area contributed by atoms with E-state index < -0.39 is 5.97 Å². The fourth-order valence-electron chi connectivity index (χ4n) is 2.72. The monoisotopic (exact) mass is 437 g/mol. The summed E-state index contributed by atoms with van der Waals surface area (Å²) in [5.74, 6) is -0.277. The van der Waals surface area contributed by atoms with Gasteiger partial charge < -0.3 is 20.3 Å². The van der Waals surface area contributed by atoms with Crippen molar-refractivity contribution in [1.29, 1.82) is 0 Å². The van der Waals surface area contributed by atoms with E-state index in [-0.39, 0.29) is 24.9 Å². The Kier molecular flexibility index (Phi) is 7.78. The molecule has 0 aliphatic heterocycles. The van der Waals surface area contributed by atoms with Crippen LogP contribution in [-0.2, 0) is 11.3 Å². The topological polar surface area (TPSA) is 87.7 Å². The number of nitrogens with zero attached hydrogens (tertiary/aromatic N) is 1. The molecule has 0 spiro atoms. The highest BCUT2D eigenvalue weighted by Crippen LogP contribution is 2.18. The van der Waals surface area contributed by atoms with Crippen LogP contribution >= 0.6 is 11.3 Å². The van der Waals surface area contributed by atoms with Gasteiger partial charge in [-0.05, 0) is 41.3 Å². The summed E-state index contributed by atoms with van der Waals surface area (Å²) in [5.41, 5.74) is 1.63. The third-order valence-electron chi connectivity index (χ3n) is 4.30. The normalized spacial score (nSPS) is 10.2. The number of urea groups is 1. The Morgan fingerprint density at radius 2 is 1.71 bits per heavy atom. The number of carbonyl (C=O) groups excluding carboxylic acids is 3. The minimum absolute atomic E-state index is 0.0434. The smallest absolute Gasteiger partial charge is 0.317 e. The number of anilines is 1. The lowest BCUT2D eigenvalue weighted by Gasteiger charge is -2.17. The van der Waals surface area contributed by atoms with E-state index in [1.54, 1.807) is 42.3 Å². The van der Waals surface area contributed by atoms with Crippen LogP contribution in [0.2, 0.25) is 0 Å². The Morgan fingerprint density at radius 3 is 2.39 bits per heavy atom. The molecule has 0 bridgehead atoms. The maximum atomic E-state index is 12.1. The Morgan fingerprint density at radius 1 is 0.968 bits per heavy atom. The first-order valence-corrected chi connectivity index (χ1v) is 10.6. The Balaban J connectivity index is 1.38. The molecule has 3 amide bonds. The van der Waals surface area contributed by atoms with Crippen LogP contribution in [0.15, 0.2) is 72.1 Å². The standard InChI is InChI=1S/C23H23N3O4S/c1-26(16-17-6-3-2-4-7-17)23(29)24-14-13-21(27)30-19-11-9-18(10-12-19)25-22(28)20-8-5-15-31-20/h2-12,15H,13-14,16H2,1H3,(H,24,29)(H,25,28). The number of amides is 3. The maximum Gasteiger partial charge on any atom is 0.317 e. The van der Waals surface area contributed by atoms with Gasteiger partial charge in [-0.3, -0.25) is 9.59 Å². The first-order valence-electron chi connectivity index (χ1n) is 9.70. The van der Waals surface area contributed by atoms with E-state index in [0.29, 0.717) is 22.9 Å². The van der Waals surface area contributed by atoms with Crippen molar-refractivity contribution in [2.24, 2.45) is 0 Å². The van der Waals surface area contributed by atoms with E-state index in [4.69, 9.17) is 4.74 Å². The average Bonchev–Trinajstić information content (AvgIpc) is 3.31. The summed E-state index contributed by atoms with van der Waals surface area (Å²) in [6, 6.07) is 19.5. The molecule has 8 heteroatoms. The molecule has 0 unspecified atom stereocenters. The average molecular weight is 438 g/mol. The first-order chi connectivity index (χ1) is 15.0. The zero-order valence-electron chi connectivity index (χ0n) is 17.0. The summed E-state index contributed by atoms with van der Waals surface area (Å²) in [7, 11) is 1.69. The number of carbonyl (C=O) groups is 3. The van der Waals surface area contributed by atoms with Gasteiger partial charge in [0, 0.05) is 25.8 Å². The van der Waals surface area contributed by atoms with Crippen molar-refractivity contribution >= 4 is 34.9 Å². The van der Waals surface area contributed by atoms with Crippen molar-refractivity contribution in [1.82, 2.24) is 10.2 Å². The van der Waals surface area contributed by atoms with E-state index in [0.717, 1.165) is 5.56 Å². The fraction of sp³-hybridized carbons (Fsp3) is 0.174. The van der Waals surface area contributed by atoms with Crippen LogP contribution in [0.25, 0.3) is 0 Å². The van der Waals surface area contributed by atoms with Crippen LogP contribution in [-0.4, -0.2) is 36.4 Å². The predicted molar refractivity (Wildman–Crippen MR) is 120 cm³/mol. The number of benzene rings is 2. The molecule has 0 aliphatic carbocycles. The van der Waals surface area contributed by atoms with Crippen LogP contribution in [0, 0.1) is 0 Å². The zero-order chi connectivity index (χ0) is 22.1. The Bertz CT molecular complexity index is 1010. The van der Waals surface area contributed by atoms with Crippen molar-refractivity contribution < 1.29 is 19.1 Å². The second-order valence-corrected chi connectivity index (χ2v) is 7.70. The van der Waals surface area contributed by atoms with Crippen molar-refractivity contribution in [3.8, 4) is 5.75 Å². The maximum absolute atomic E-state index is 12.1. The van der Waals surface area contributed by atoms with E-state index in [1.165, 1.54) is 11.3 Å². The fourth-order valence-corrected chi connectivity index (χ4v) is 3.34. The third-order valence-corrected chi connectivity index (χ3v) is 5.17. The van der Waals surface area contributed by atoms with Gasteiger partial charge in [-0.1, -0.05) is 36.4 Å². The Hall–Kier alpha value is -3.65. The Labute approximate surface area is 184 Å². The molecule has 0 radical (unpaired) electrons. The van der Waals surface area contributed by atoms with Gasteiger partial charge >= 0.3 is 12.0 Å². The number of thiophene rings is 1. The van der Waals surface area contributed by atoms with Crippen molar-refractivity contribution in [2.45, 2.75) is 13.0 Å². The van der Waals surface area contributed by atoms with Crippen LogP contribution < -0.4 is 15.4 Å². The lowest BCUT2D eigenvalue weighted by atomic mass is 10.2. The van der Waals surface area contributed by atoms with Gasteiger partial charge in [-0.25, -0.2) is 4.79 Å². The SMILES string of the molecule is CN(Cc1ccccc1)C(=O)NCCC(=O)Oc1ccc(NC(=O)c2cccs2)cc1. The van der Waals surface area contributed by atoms with Gasteiger partial charge in [-0.15, -0.1) is 11.3 Å². The summed E-state index contributed by atoms with van der Waals surface area (Å²) < 4.78 is 5.27. The van der Waals surface area contributed by atoms with Crippen LogP contribution in [0.1, 0.15) is 21.7 Å². The molecule has 1 aromatic heterocycles. The van der Waals surface area contributed by atoms with Crippen molar-refractivity contribution in [3.05, 3.63) is 82.6 Å². The highest BCUT2D eigenvalue weighted by Gasteiger charge is 2.11. The quantitative estimate of drug-likeness (QED) is 0.410. The number of hydrogen-bond acceptors (Lipinski definition) is 5. The van der Waals surface area contributed by atoms with Gasteiger partial charge in [0.05, 0.1) is 11.3 Å². The zero-order valence-corrected chi connectivity index (χ0v) is 17.9. The summed E-state index contributed by atoms with van der Waals surface area (Å²) in [6.07, 6.45) is 0.0434. The second-order valence-electron chi connectivity index (χ2n) is 6.75. The molecule has 0 saturated carbocycles. The van der Waals surface area contributed by atoms with Gasteiger partial charge in [0.15, 0.2) is 0 Å². The molecule has 31 heavy (non-hydrogen) atoms. The molecule has 160 valence electrons. The molecular weight excluding hydrogens is 414 g/mol. The largest absolute Gasteiger partial charge is 0.426 e. The molecule has 0 fully saturated rings. The minimum Gasteiger partial charge on any atom is -0.426 e. The number of esters is 1. The minimum atomic E-state index is -0.457. The molecule has 3 rings (SSSR count). The number of hydrogen-bond donors (Lipinski definition) is 2. The van der Waals surface area contributed by atoms with Crippen molar-refractivity contribution in [2.75, 3.05) is 18.9 Å². The lowest BCUT2D eigenvalue weighted by molar-refractivity contribution is -0.134. The molecule has 1 heterocycles. The van der Waals surface area contributed by atoms with E-state index in [1.807, 2.05) is 41.8 Å². The van der Waals surface area contributed by atoms with Gasteiger partial charge in [0.1, 0.15) is 5.75 Å². The number of ether oxygens (including phenoxy) is 1. The van der Waals surface area contributed by atoms with E-state index in [2.05, 4.69) is 10.6 Å². The molecule has 0 aliphatic rings. The van der Waals surface area contributed by atoms with Gasteiger partial charge in [0.2, 0.25) is 0 Å².